The first kappa shape index (κ1) is 21.0. The molecular formula is C20H22ClF3N4O2. The topological polar surface area (TPSA) is 78.1 Å². The van der Waals surface area contributed by atoms with Gasteiger partial charge >= 0.3 is 6.18 Å². The number of halogens is 4. The highest BCUT2D eigenvalue weighted by molar-refractivity contribution is 6.31. The Morgan fingerprint density at radius 1 is 1.30 bits per heavy atom. The van der Waals surface area contributed by atoms with Crippen molar-refractivity contribution in [3.8, 4) is 0 Å². The van der Waals surface area contributed by atoms with Crippen LogP contribution >= 0.6 is 11.6 Å². The number of hydrogen-bond acceptors (Lipinski definition) is 3. The Morgan fingerprint density at radius 2 is 2.07 bits per heavy atom. The number of aromatic nitrogens is 2. The molecule has 0 unspecified atom stereocenters. The lowest BCUT2D eigenvalue weighted by Crippen LogP contribution is -2.43. The normalized spacial score (nSPS) is 25.1. The van der Waals surface area contributed by atoms with Crippen LogP contribution in [0.3, 0.4) is 0 Å². The van der Waals surface area contributed by atoms with Gasteiger partial charge in [-0.25, -0.2) is 4.98 Å². The minimum absolute atomic E-state index is 0.109. The molecule has 6 nitrogen and oxygen atoms in total. The van der Waals surface area contributed by atoms with E-state index >= 15 is 0 Å². The van der Waals surface area contributed by atoms with Crippen molar-refractivity contribution in [2.45, 2.75) is 50.2 Å². The monoisotopic (exact) mass is 442 g/mol. The highest BCUT2D eigenvalue weighted by atomic mass is 35.5. The lowest BCUT2D eigenvalue weighted by molar-refractivity contribution is -0.157. The van der Waals surface area contributed by atoms with E-state index in [1.807, 2.05) is 6.07 Å². The van der Waals surface area contributed by atoms with Gasteiger partial charge in [-0.3, -0.25) is 9.59 Å². The molecule has 2 fully saturated rings. The van der Waals surface area contributed by atoms with Crippen molar-refractivity contribution in [3.63, 3.8) is 0 Å². The summed E-state index contributed by atoms with van der Waals surface area (Å²) in [4.78, 5) is 33.5. The molecule has 4 rings (SSSR count). The number of carbonyl (C=O) groups is 2. The molecule has 1 saturated carbocycles. The predicted octanol–water partition coefficient (Wildman–Crippen LogP) is 3.77. The Bertz CT molecular complexity index is 961. The van der Waals surface area contributed by atoms with E-state index < -0.39 is 24.7 Å². The van der Waals surface area contributed by atoms with Crippen LogP contribution in [0.15, 0.2) is 18.2 Å². The van der Waals surface area contributed by atoms with Crippen molar-refractivity contribution >= 4 is 34.4 Å². The van der Waals surface area contributed by atoms with Gasteiger partial charge in [0.1, 0.15) is 12.4 Å². The standard InChI is InChI=1S/C20H22ClF3N4O2/c21-11-5-6-15-16(7-11)27-18(26-15)13-3-1-2-4-14(13)19(30)25-12-8-17(29)28(9-12)10-20(22,23)24/h5-7,12-14H,1-4,8-10H2,(H,25,30)(H,26,27)/t12-,13-,14+/m1/s1. The molecule has 2 N–H and O–H groups in total. The van der Waals surface area contributed by atoms with Crippen LogP contribution in [0.5, 0.6) is 0 Å². The average molecular weight is 443 g/mol. The number of fused-ring (bicyclic) bond motifs is 1. The summed E-state index contributed by atoms with van der Waals surface area (Å²) in [7, 11) is 0. The maximum Gasteiger partial charge on any atom is 0.406 e. The molecule has 1 aliphatic heterocycles. The summed E-state index contributed by atoms with van der Waals surface area (Å²) < 4.78 is 37.8. The number of rotatable bonds is 4. The number of alkyl halides is 3. The molecule has 0 bridgehead atoms. The van der Waals surface area contributed by atoms with E-state index in [0.717, 1.165) is 35.2 Å². The summed E-state index contributed by atoms with van der Waals surface area (Å²) in [5, 5.41) is 3.39. The summed E-state index contributed by atoms with van der Waals surface area (Å²) in [5.41, 5.74) is 1.56. The Morgan fingerprint density at radius 3 is 2.83 bits per heavy atom. The molecule has 1 aromatic heterocycles. The van der Waals surface area contributed by atoms with Crippen molar-refractivity contribution in [1.29, 1.82) is 0 Å². The maximum atomic E-state index is 13.0. The Labute approximate surface area is 176 Å². The Balaban J connectivity index is 1.46. The highest BCUT2D eigenvalue weighted by Crippen LogP contribution is 2.38. The van der Waals surface area contributed by atoms with Crippen LogP contribution in [-0.2, 0) is 9.59 Å². The van der Waals surface area contributed by atoms with Crippen LogP contribution < -0.4 is 5.32 Å². The number of carbonyl (C=O) groups excluding carboxylic acids is 2. The van der Waals surface area contributed by atoms with Gasteiger partial charge in [0.05, 0.1) is 17.1 Å². The van der Waals surface area contributed by atoms with Gasteiger partial charge in [0.25, 0.3) is 0 Å². The molecule has 1 saturated heterocycles. The summed E-state index contributed by atoms with van der Waals surface area (Å²) in [6, 6.07) is 4.74. The fourth-order valence-corrected chi connectivity index (χ4v) is 4.67. The van der Waals surface area contributed by atoms with Crippen molar-refractivity contribution in [2.24, 2.45) is 5.92 Å². The molecule has 1 aromatic carbocycles. The van der Waals surface area contributed by atoms with E-state index in [1.165, 1.54) is 0 Å². The number of likely N-dealkylation sites (tertiary alicyclic amines) is 1. The van der Waals surface area contributed by atoms with Gasteiger partial charge in [-0.1, -0.05) is 24.4 Å². The molecule has 0 spiro atoms. The molecular weight excluding hydrogens is 421 g/mol. The van der Waals surface area contributed by atoms with Crippen LogP contribution in [0.2, 0.25) is 5.02 Å². The fourth-order valence-electron chi connectivity index (χ4n) is 4.50. The number of benzene rings is 1. The van der Waals surface area contributed by atoms with E-state index in [-0.39, 0.29) is 30.7 Å². The molecule has 3 atom stereocenters. The molecule has 2 aliphatic rings. The quantitative estimate of drug-likeness (QED) is 0.756. The summed E-state index contributed by atoms with van der Waals surface area (Å²) in [5.74, 6) is -0.569. The van der Waals surface area contributed by atoms with Crippen molar-refractivity contribution in [1.82, 2.24) is 20.2 Å². The summed E-state index contributed by atoms with van der Waals surface area (Å²) >= 11 is 6.04. The second kappa shape index (κ2) is 8.09. The van der Waals surface area contributed by atoms with Gasteiger partial charge in [0.15, 0.2) is 0 Å². The number of imidazole rings is 1. The largest absolute Gasteiger partial charge is 0.406 e. The molecule has 2 amide bonds. The number of aromatic amines is 1. The lowest BCUT2D eigenvalue weighted by Gasteiger charge is -2.30. The average Bonchev–Trinajstić information content (AvgIpc) is 3.23. The molecule has 10 heteroatoms. The molecule has 1 aliphatic carbocycles. The van der Waals surface area contributed by atoms with E-state index in [1.54, 1.807) is 12.1 Å². The van der Waals surface area contributed by atoms with Crippen LogP contribution in [0.25, 0.3) is 11.0 Å². The third-order valence-corrected chi connectivity index (χ3v) is 6.08. The van der Waals surface area contributed by atoms with Gasteiger partial charge in [-0.05, 0) is 31.0 Å². The molecule has 0 radical (unpaired) electrons. The first-order valence-corrected chi connectivity index (χ1v) is 10.4. The first-order chi connectivity index (χ1) is 14.2. The van der Waals surface area contributed by atoms with E-state index in [2.05, 4.69) is 15.3 Å². The van der Waals surface area contributed by atoms with Crippen LogP contribution in [-0.4, -0.2) is 52.0 Å². The van der Waals surface area contributed by atoms with Gasteiger partial charge in [-0.15, -0.1) is 0 Å². The van der Waals surface area contributed by atoms with Crippen LogP contribution in [0, 0.1) is 5.92 Å². The third kappa shape index (κ3) is 4.55. The number of amides is 2. The van der Waals surface area contributed by atoms with E-state index in [0.29, 0.717) is 17.3 Å². The molecule has 30 heavy (non-hydrogen) atoms. The highest BCUT2D eigenvalue weighted by Gasteiger charge is 2.40. The van der Waals surface area contributed by atoms with Gasteiger partial charge < -0.3 is 15.2 Å². The summed E-state index contributed by atoms with van der Waals surface area (Å²) in [6.07, 6.45) is -1.25. The third-order valence-electron chi connectivity index (χ3n) is 5.85. The van der Waals surface area contributed by atoms with Crippen LogP contribution in [0.4, 0.5) is 13.2 Å². The van der Waals surface area contributed by atoms with Gasteiger partial charge in [-0.2, -0.15) is 13.2 Å². The van der Waals surface area contributed by atoms with E-state index in [9.17, 15) is 22.8 Å². The predicted molar refractivity (Wildman–Crippen MR) is 105 cm³/mol. The van der Waals surface area contributed by atoms with Gasteiger partial charge in [0.2, 0.25) is 11.8 Å². The van der Waals surface area contributed by atoms with Crippen molar-refractivity contribution < 1.29 is 22.8 Å². The minimum Gasteiger partial charge on any atom is -0.351 e. The molecule has 162 valence electrons. The van der Waals surface area contributed by atoms with Gasteiger partial charge in [0, 0.05) is 29.8 Å². The SMILES string of the molecule is O=C(N[C@@H]1CC(=O)N(CC(F)(F)F)C1)[C@H]1CCCC[C@H]1c1nc2ccc(Cl)cc2[nH]1. The summed E-state index contributed by atoms with van der Waals surface area (Å²) in [6.45, 7) is -1.41. The number of hydrogen-bond donors (Lipinski definition) is 2. The van der Waals surface area contributed by atoms with E-state index in [4.69, 9.17) is 11.6 Å². The zero-order valence-corrected chi connectivity index (χ0v) is 16.9. The van der Waals surface area contributed by atoms with Crippen molar-refractivity contribution in [2.75, 3.05) is 13.1 Å². The number of H-pyrrole nitrogens is 1. The van der Waals surface area contributed by atoms with Crippen molar-refractivity contribution in [3.05, 3.63) is 29.0 Å². The first-order valence-electron chi connectivity index (χ1n) is 9.99. The molecule has 2 aromatic rings. The zero-order chi connectivity index (χ0) is 21.5. The molecule has 2 heterocycles. The zero-order valence-electron chi connectivity index (χ0n) is 16.1. The lowest BCUT2D eigenvalue weighted by atomic mass is 9.78. The smallest absolute Gasteiger partial charge is 0.351 e. The fraction of sp³-hybridized carbons (Fsp3) is 0.550. The minimum atomic E-state index is -4.45. The Hall–Kier alpha value is -2.29. The van der Waals surface area contributed by atoms with Crippen LogP contribution in [0.1, 0.15) is 43.8 Å². The second-order valence-corrected chi connectivity index (χ2v) is 8.52. The number of nitrogens with zero attached hydrogens (tertiary/aromatic N) is 2. The maximum absolute atomic E-state index is 13.0. The number of nitrogens with one attached hydrogen (secondary N) is 2. The Kier molecular flexibility index (Phi) is 5.65. The second-order valence-electron chi connectivity index (χ2n) is 8.08.